The van der Waals surface area contributed by atoms with E-state index in [4.69, 9.17) is 5.73 Å². The lowest BCUT2D eigenvalue weighted by Gasteiger charge is -2.04. The van der Waals surface area contributed by atoms with Crippen LogP contribution in [0.4, 0.5) is 5.82 Å². The Morgan fingerprint density at radius 2 is 2.00 bits per heavy atom. The Balaban J connectivity index is 2.53. The molecular weight excluding hydrogens is 222 g/mol. The SMILES string of the molecule is CSc1cc(N)n(-c2cc(C)nc(C)n2)n1. The van der Waals surface area contributed by atoms with Crippen molar-refractivity contribution in [1.82, 2.24) is 19.7 Å². The molecule has 0 radical (unpaired) electrons. The number of nitrogen functional groups attached to an aromatic ring is 1. The smallest absolute Gasteiger partial charge is 0.159 e. The summed E-state index contributed by atoms with van der Waals surface area (Å²) in [5, 5.41) is 5.23. The molecule has 0 saturated heterocycles. The van der Waals surface area contributed by atoms with Gasteiger partial charge in [-0.05, 0) is 20.1 Å². The van der Waals surface area contributed by atoms with E-state index >= 15 is 0 Å². The molecule has 0 aromatic carbocycles. The Bertz CT molecular complexity index is 500. The average Bonchev–Trinajstić information content (AvgIpc) is 2.58. The first-order chi connectivity index (χ1) is 7.60. The molecular formula is C10H13N5S. The summed E-state index contributed by atoms with van der Waals surface area (Å²) in [7, 11) is 0. The maximum Gasteiger partial charge on any atom is 0.159 e. The van der Waals surface area contributed by atoms with Crippen LogP contribution in [-0.2, 0) is 0 Å². The van der Waals surface area contributed by atoms with Crippen LogP contribution in [0.5, 0.6) is 0 Å². The van der Waals surface area contributed by atoms with E-state index in [1.165, 1.54) is 0 Å². The van der Waals surface area contributed by atoms with Gasteiger partial charge in [-0.15, -0.1) is 11.8 Å². The minimum Gasteiger partial charge on any atom is -0.383 e. The van der Waals surface area contributed by atoms with Crippen molar-refractivity contribution in [2.45, 2.75) is 18.9 Å². The van der Waals surface area contributed by atoms with Crippen molar-refractivity contribution >= 4 is 17.6 Å². The van der Waals surface area contributed by atoms with Gasteiger partial charge in [-0.2, -0.15) is 9.78 Å². The quantitative estimate of drug-likeness (QED) is 0.800. The molecule has 84 valence electrons. The van der Waals surface area contributed by atoms with Crippen LogP contribution in [0.1, 0.15) is 11.5 Å². The first-order valence-electron chi connectivity index (χ1n) is 4.82. The summed E-state index contributed by atoms with van der Waals surface area (Å²) in [6.07, 6.45) is 1.96. The number of hydrogen-bond acceptors (Lipinski definition) is 5. The minimum absolute atomic E-state index is 0.585. The molecule has 0 aliphatic carbocycles. The maximum atomic E-state index is 5.88. The molecule has 2 aromatic heterocycles. The van der Waals surface area contributed by atoms with E-state index in [0.717, 1.165) is 16.5 Å². The lowest BCUT2D eigenvalue weighted by molar-refractivity contribution is 0.801. The highest BCUT2D eigenvalue weighted by molar-refractivity contribution is 7.98. The van der Waals surface area contributed by atoms with Crippen LogP contribution >= 0.6 is 11.8 Å². The predicted octanol–water partition coefficient (Wildman–Crippen LogP) is 1.58. The fourth-order valence-electron chi connectivity index (χ4n) is 1.46. The second kappa shape index (κ2) is 4.13. The molecule has 0 aliphatic rings. The number of nitrogens with two attached hydrogens (primary N) is 1. The molecule has 16 heavy (non-hydrogen) atoms. The van der Waals surface area contributed by atoms with Crippen LogP contribution in [-0.4, -0.2) is 26.0 Å². The largest absolute Gasteiger partial charge is 0.383 e. The summed E-state index contributed by atoms with van der Waals surface area (Å²) >= 11 is 1.55. The normalized spacial score (nSPS) is 10.7. The third-order valence-electron chi connectivity index (χ3n) is 2.09. The molecule has 2 heterocycles. The summed E-state index contributed by atoms with van der Waals surface area (Å²) in [5.74, 6) is 2.01. The molecule has 5 nitrogen and oxygen atoms in total. The van der Waals surface area contributed by atoms with Gasteiger partial charge in [0.2, 0.25) is 0 Å². The monoisotopic (exact) mass is 235 g/mol. The highest BCUT2D eigenvalue weighted by Crippen LogP contribution is 2.19. The lowest BCUT2D eigenvalue weighted by atomic mass is 10.4. The molecule has 0 amide bonds. The third kappa shape index (κ3) is 2.01. The van der Waals surface area contributed by atoms with Gasteiger partial charge in [0.25, 0.3) is 0 Å². The van der Waals surface area contributed by atoms with E-state index in [-0.39, 0.29) is 0 Å². The first kappa shape index (κ1) is 10.9. The molecule has 2 aromatic rings. The van der Waals surface area contributed by atoms with Gasteiger partial charge in [0.15, 0.2) is 5.82 Å². The van der Waals surface area contributed by atoms with Crippen LogP contribution in [0.25, 0.3) is 5.82 Å². The molecule has 0 aliphatic heterocycles. The minimum atomic E-state index is 0.585. The van der Waals surface area contributed by atoms with E-state index in [1.54, 1.807) is 16.4 Å². The van der Waals surface area contributed by atoms with Crippen LogP contribution in [0.2, 0.25) is 0 Å². The summed E-state index contributed by atoms with van der Waals surface area (Å²) in [5.41, 5.74) is 6.78. The summed E-state index contributed by atoms with van der Waals surface area (Å²) in [4.78, 5) is 8.53. The van der Waals surface area contributed by atoms with Crippen molar-refractivity contribution in [2.24, 2.45) is 0 Å². The number of hydrogen-bond donors (Lipinski definition) is 1. The number of anilines is 1. The topological polar surface area (TPSA) is 69.6 Å². The van der Waals surface area contributed by atoms with Crippen LogP contribution in [0.3, 0.4) is 0 Å². The first-order valence-corrected chi connectivity index (χ1v) is 6.05. The highest BCUT2D eigenvalue weighted by Gasteiger charge is 2.08. The third-order valence-corrected chi connectivity index (χ3v) is 2.71. The Morgan fingerprint density at radius 3 is 2.56 bits per heavy atom. The number of aryl methyl sites for hydroxylation is 2. The molecule has 0 atom stereocenters. The zero-order chi connectivity index (χ0) is 11.7. The van der Waals surface area contributed by atoms with E-state index in [1.807, 2.05) is 32.2 Å². The fraction of sp³-hybridized carbons (Fsp3) is 0.300. The van der Waals surface area contributed by atoms with Crippen molar-refractivity contribution in [1.29, 1.82) is 0 Å². The molecule has 0 bridgehead atoms. The molecule has 0 fully saturated rings. The zero-order valence-electron chi connectivity index (χ0n) is 9.43. The van der Waals surface area contributed by atoms with Gasteiger partial charge < -0.3 is 5.73 Å². The van der Waals surface area contributed by atoms with Gasteiger partial charge >= 0.3 is 0 Å². The van der Waals surface area contributed by atoms with Crippen LogP contribution in [0.15, 0.2) is 17.2 Å². The van der Waals surface area contributed by atoms with Crippen molar-refractivity contribution < 1.29 is 0 Å². The van der Waals surface area contributed by atoms with Gasteiger partial charge in [-0.1, -0.05) is 0 Å². The van der Waals surface area contributed by atoms with Gasteiger partial charge in [0, 0.05) is 17.8 Å². The van der Waals surface area contributed by atoms with E-state index in [2.05, 4.69) is 15.1 Å². The van der Waals surface area contributed by atoms with Gasteiger partial charge in [0.1, 0.15) is 16.7 Å². The molecule has 2 N–H and O–H groups in total. The lowest BCUT2D eigenvalue weighted by Crippen LogP contribution is -2.06. The second-order valence-electron chi connectivity index (χ2n) is 3.44. The average molecular weight is 235 g/mol. The fourth-order valence-corrected chi connectivity index (χ4v) is 1.86. The maximum absolute atomic E-state index is 5.88. The number of thioether (sulfide) groups is 1. The van der Waals surface area contributed by atoms with E-state index in [0.29, 0.717) is 11.6 Å². The molecule has 0 spiro atoms. The summed E-state index contributed by atoms with van der Waals surface area (Å²) < 4.78 is 1.63. The number of rotatable bonds is 2. The molecule has 0 saturated carbocycles. The summed E-state index contributed by atoms with van der Waals surface area (Å²) in [6.45, 7) is 3.78. The van der Waals surface area contributed by atoms with E-state index in [9.17, 15) is 0 Å². The number of nitrogens with zero attached hydrogens (tertiary/aromatic N) is 4. The molecule has 0 unspecified atom stereocenters. The zero-order valence-corrected chi connectivity index (χ0v) is 10.2. The van der Waals surface area contributed by atoms with E-state index < -0.39 is 0 Å². The Morgan fingerprint density at radius 1 is 1.25 bits per heavy atom. The molecule has 6 heteroatoms. The Kier molecular flexibility index (Phi) is 2.82. The second-order valence-corrected chi connectivity index (χ2v) is 4.26. The number of aromatic nitrogens is 4. The Hall–Kier alpha value is -1.56. The van der Waals surface area contributed by atoms with Crippen molar-refractivity contribution in [3.05, 3.63) is 23.7 Å². The summed E-state index contributed by atoms with van der Waals surface area (Å²) in [6, 6.07) is 3.69. The van der Waals surface area contributed by atoms with Crippen molar-refractivity contribution in [2.75, 3.05) is 12.0 Å². The van der Waals surface area contributed by atoms with Crippen LogP contribution < -0.4 is 5.73 Å². The predicted molar refractivity (Wildman–Crippen MR) is 64.8 cm³/mol. The Labute approximate surface area is 98.1 Å². The standard InChI is InChI=1S/C10H13N5S/c1-6-4-9(13-7(2)12-6)15-8(11)5-10(14-15)16-3/h4-5H,11H2,1-3H3. The molecule has 2 rings (SSSR count). The highest BCUT2D eigenvalue weighted by atomic mass is 32.2. The van der Waals surface area contributed by atoms with Crippen molar-refractivity contribution in [3.8, 4) is 5.82 Å². The van der Waals surface area contributed by atoms with Gasteiger partial charge in [-0.3, -0.25) is 0 Å². The van der Waals surface area contributed by atoms with Crippen molar-refractivity contribution in [3.63, 3.8) is 0 Å². The van der Waals surface area contributed by atoms with Gasteiger partial charge in [-0.25, -0.2) is 9.97 Å². The van der Waals surface area contributed by atoms with Crippen LogP contribution in [0, 0.1) is 13.8 Å². The van der Waals surface area contributed by atoms with Gasteiger partial charge in [0.05, 0.1) is 0 Å².